The van der Waals surface area contributed by atoms with Crippen LogP contribution in [0.1, 0.15) is 51.0 Å². The van der Waals surface area contributed by atoms with Gasteiger partial charge < -0.3 is 5.11 Å². The molecule has 19 heavy (non-hydrogen) atoms. The molecule has 0 radical (unpaired) electrons. The highest BCUT2D eigenvalue weighted by atomic mass is 16.3. The number of nitrogens with zero attached hydrogens (tertiary/aromatic N) is 4. The van der Waals surface area contributed by atoms with Gasteiger partial charge in [0.25, 0.3) is 0 Å². The summed E-state index contributed by atoms with van der Waals surface area (Å²) in [6.07, 6.45) is 1.75. The summed E-state index contributed by atoms with van der Waals surface area (Å²) < 4.78 is 1.89. The molecule has 2 aromatic rings. The summed E-state index contributed by atoms with van der Waals surface area (Å²) in [6.45, 7) is 8.20. The monoisotopic (exact) mass is 260 g/mol. The van der Waals surface area contributed by atoms with E-state index in [1.54, 1.807) is 6.20 Å². The summed E-state index contributed by atoms with van der Waals surface area (Å²) in [5.41, 5.74) is 2.46. The van der Waals surface area contributed by atoms with Crippen molar-refractivity contribution in [2.45, 2.75) is 46.3 Å². The predicted octanol–water partition coefficient (Wildman–Crippen LogP) is 2.54. The fourth-order valence-corrected chi connectivity index (χ4v) is 1.91. The average Bonchev–Trinajstić information content (AvgIpc) is 2.87. The van der Waals surface area contributed by atoms with E-state index < -0.39 is 0 Å². The lowest BCUT2D eigenvalue weighted by atomic mass is 10.1. The first-order valence-electron chi connectivity index (χ1n) is 6.55. The van der Waals surface area contributed by atoms with Crippen LogP contribution in [0.15, 0.2) is 18.3 Å². The summed E-state index contributed by atoms with van der Waals surface area (Å²) in [7, 11) is 0. The zero-order chi connectivity index (χ0) is 14.0. The molecule has 0 aliphatic carbocycles. The number of aliphatic hydroxyl groups is 1. The molecule has 0 spiro atoms. The molecule has 2 rings (SSSR count). The van der Waals surface area contributed by atoms with E-state index in [0.717, 1.165) is 11.4 Å². The van der Waals surface area contributed by atoms with Crippen molar-refractivity contribution in [3.05, 3.63) is 29.7 Å². The molecule has 5 nitrogen and oxygen atoms in total. The van der Waals surface area contributed by atoms with E-state index >= 15 is 0 Å². The SMILES string of the molecule is CC(C)c1cc(CO)nc(-c2ccnn2C(C)C)n1. The van der Waals surface area contributed by atoms with Gasteiger partial charge >= 0.3 is 0 Å². The summed E-state index contributed by atoms with van der Waals surface area (Å²) in [4.78, 5) is 8.98. The minimum atomic E-state index is -0.0783. The molecule has 5 heteroatoms. The zero-order valence-electron chi connectivity index (χ0n) is 11.8. The largest absolute Gasteiger partial charge is 0.390 e. The second-order valence-electron chi connectivity index (χ2n) is 5.18. The molecule has 0 unspecified atom stereocenters. The topological polar surface area (TPSA) is 63.8 Å². The van der Waals surface area contributed by atoms with E-state index in [9.17, 15) is 5.11 Å². The minimum Gasteiger partial charge on any atom is -0.390 e. The molecule has 0 aliphatic rings. The quantitative estimate of drug-likeness (QED) is 0.917. The predicted molar refractivity (Wildman–Crippen MR) is 73.6 cm³/mol. The molecule has 0 saturated carbocycles. The number of rotatable bonds is 4. The van der Waals surface area contributed by atoms with Crippen LogP contribution in [0.25, 0.3) is 11.5 Å². The van der Waals surface area contributed by atoms with Gasteiger partial charge in [0, 0.05) is 17.9 Å². The second-order valence-corrected chi connectivity index (χ2v) is 5.18. The van der Waals surface area contributed by atoms with Gasteiger partial charge in [-0.1, -0.05) is 13.8 Å². The Morgan fingerprint density at radius 3 is 2.53 bits per heavy atom. The normalized spacial score (nSPS) is 11.5. The fraction of sp³-hybridized carbons (Fsp3) is 0.500. The maximum Gasteiger partial charge on any atom is 0.178 e. The van der Waals surface area contributed by atoms with Crippen molar-refractivity contribution in [3.8, 4) is 11.5 Å². The molecule has 0 bridgehead atoms. The van der Waals surface area contributed by atoms with Crippen LogP contribution in [-0.4, -0.2) is 24.9 Å². The molecular formula is C14H20N4O. The Labute approximate surface area is 113 Å². The Balaban J connectivity index is 2.54. The lowest BCUT2D eigenvalue weighted by molar-refractivity contribution is 0.276. The van der Waals surface area contributed by atoms with Gasteiger partial charge in [-0.25, -0.2) is 9.97 Å². The van der Waals surface area contributed by atoms with Crippen molar-refractivity contribution in [3.63, 3.8) is 0 Å². The first kappa shape index (κ1) is 13.7. The smallest absolute Gasteiger partial charge is 0.178 e. The molecule has 0 saturated heterocycles. The van der Waals surface area contributed by atoms with Crippen molar-refractivity contribution >= 4 is 0 Å². The van der Waals surface area contributed by atoms with Gasteiger partial charge in [0.1, 0.15) is 5.69 Å². The van der Waals surface area contributed by atoms with E-state index in [1.165, 1.54) is 0 Å². The van der Waals surface area contributed by atoms with Crippen LogP contribution in [0.4, 0.5) is 0 Å². The van der Waals surface area contributed by atoms with Gasteiger partial charge in [0.15, 0.2) is 5.82 Å². The number of aromatic nitrogens is 4. The molecule has 102 valence electrons. The van der Waals surface area contributed by atoms with E-state index in [1.807, 2.05) is 16.8 Å². The molecule has 0 atom stereocenters. The van der Waals surface area contributed by atoms with Gasteiger partial charge in [-0.2, -0.15) is 5.10 Å². The van der Waals surface area contributed by atoms with Crippen molar-refractivity contribution < 1.29 is 5.11 Å². The van der Waals surface area contributed by atoms with Crippen LogP contribution in [0.5, 0.6) is 0 Å². The molecule has 0 fully saturated rings. The summed E-state index contributed by atoms with van der Waals surface area (Å²) in [5.74, 6) is 0.920. The average molecular weight is 260 g/mol. The Kier molecular flexibility index (Phi) is 3.95. The summed E-state index contributed by atoms with van der Waals surface area (Å²) in [5, 5.41) is 13.6. The Morgan fingerprint density at radius 2 is 1.95 bits per heavy atom. The number of hydrogen-bond donors (Lipinski definition) is 1. The second kappa shape index (κ2) is 5.48. The highest BCUT2D eigenvalue weighted by Gasteiger charge is 2.14. The molecule has 0 aromatic carbocycles. The molecule has 0 amide bonds. The van der Waals surface area contributed by atoms with E-state index in [2.05, 4.69) is 42.8 Å². The van der Waals surface area contributed by atoms with E-state index in [4.69, 9.17) is 0 Å². The lowest BCUT2D eigenvalue weighted by Gasteiger charge is -2.12. The first-order chi connectivity index (χ1) is 9.02. The highest BCUT2D eigenvalue weighted by molar-refractivity contribution is 5.50. The maximum atomic E-state index is 9.33. The van der Waals surface area contributed by atoms with Gasteiger partial charge in [0.2, 0.25) is 0 Å². The first-order valence-corrected chi connectivity index (χ1v) is 6.55. The molecule has 2 aromatic heterocycles. The third-order valence-corrected chi connectivity index (χ3v) is 2.94. The maximum absolute atomic E-state index is 9.33. The van der Waals surface area contributed by atoms with Crippen LogP contribution in [0, 0.1) is 0 Å². The molecule has 2 heterocycles. The fourth-order valence-electron chi connectivity index (χ4n) is 1.91. The van der Waals surface area contributed by atoms with E-state index in [-0.39, 0.29) is 12.6 Å². The van der Waals surface area contributed by atoms with Crippen molar-refractivity contribution in [1.29, 1.82) is 0 Å². The molecular weight excluding hydrogens is 240 g/mol. The Morgan fingerprint density at radius 1 is 1.21 bits per heavy atom. The van der Waals surface area contributed by atoms with Crippen LogP contribution < -0.4 is 0 Å². The van der Waals surface area contributed by atoms with Gasteiger partial charge in [-0.05, 0) is 31.9 Å². The third kappa shape index (κ3) is 2.81. The molecule has 0 aliphatic heterocycles. The van der Waals surface area contributed by atoms with E-state index in [0.29, 0.717) is 17.4 Å². The van der Waals surface area contributed by atoms with Crippen LogP contribution in [0.2, 0.25) is 0 Å². The van der Waals surface area contributed by atoms with Gasteiger partial charge in [0.05, 0.1) is 12.3 Å². The van der Waals surface area contributed by atoms with Crippen LogP contribution >= 0.6 is 0 Å². The highest BCUT2D eigenvalue weighted by Crippen LogP contribution is 2.21. The van der Waals surface area contributed by atoms with Crippen molar-refractivity contribution in [2.24, 2.45) is 0 Å². The Hall–Kier alpha value is -1.75. The van der Waals surface area contributed by atoms with Crippen LogP contribution in [0.3, 0.4) is 0 Å². The van der Waals surface area contributed by atoms with Crippen LogP contribution in [-0.2, 0) is 6.61 Å². The zero-order valence-corrected chi connectivity index (χ0v) is 11.8. The number of hydrogen-bond acceptors (Lipinski definition) is 4. The van der Waals surface area contributed by atoms with Gasteiger partial charge in [-0.15, -0.1) is 0 Å². The van der Waals surface area contributed by atoms with Crippen molar-refractivity contribution in [2.75, 3.05) is 0 Å². The summed E-state index contributed by atoms with van der Waals surface area (Å²) in [6, 6.07) is 4.00. The minimum absolute atomic E-state index is 0.0783. The molecule has 1 N–H and O–H groups in total. The standard InChI is InChI=1S/C14H20N4O/c1-9(2)12-7-11(8-19)16-14(17-12)13-5-6-15-18(13)10(3)4/h5-7,9-10,19H,8H2,1-4H3. The Bertz CT molecular complexity index is 560. The number of aliphatic hydroxyl groups excluding tert-OH is 1. The lowest BCUT2D eigenvalue weighted by Crippen LogP contribution is -2.08. The summed E-state index contributed by atoms with van der Waals surface area (Å²) >= 11 is 0. The van der Waals surface area contributed by atoms with Gasteiger partial charge in [-0.3, -0.25) is 4.68 Å². The third-order valence-electron chi connectivity index (χ3n) is 2.94. The van der Waals surface area contributed by atoms with Crippen molar-refractivity contribution in [1.82, 2.24) is 19.7 Å².